The molecule has 1 N–H and O–H groups in total. The maximum atomic E-state index is 13.3. The van der Waals surface area contributed by atoms with E-state index in [-0.39, 0.29) is 11.3 Å². The summed E-state index contributed by atoms with van der Waals surface area (Å²) >= 11 is 0. The number of amides is 1. The van der Waals surface area contributed by atoms with Crippen molar-refractivity contribution in [1.29, 1.82) is 0 Å². The van der Waals surface area contributed by atoms with Crippen LogP contribution in [-0.4, -0.2) is 80.8 Å². The quantitative estimate of drug-likeness (QED) is 0.333. The fourth-order valence-electron chi connectivity index (χ4n) is 4.69. The number of aliphatic hydroxyl groups is 1. The third-order valence-electron chi connectivity index (χ3n) is 6.59. The Hall–Kier alpha value is -3.82. The van der Waals surface area contributed by atoms with Crippen molar-refractivity contribution in [3.63, 3.8) is 0 Å². The Morgan fingerprint density at radius 2 is 1.77 bits per heavy atom. The summed E-state index contributed by atoms with van der Waals surface area (Å²) in [7, 11) is 0. The first-order valence-corrected chi connectivity index (χ1v) is 11.6. The van der Waals surface area contributed by atoms with Crippen LogP contribution in [0.5, 0.6) is 0 Å². The van der Waals surface area contributed by atoms with Gasteiger partial charge in [0.15, 0.2) is 0 Å². The van der Waals surface area contributed by atoms with Crippen LogP contribution in [0.1, 0.15) is 22.9 Å². The van der Waals surface area contributed by atoms with E-state index >= 15 is 0 Å². The van der Waals surface area contributed by atoms with Crippen molar-refractivity contribution in [3.8, 4) is 5.69 Å². The zero-order valence-corrected chi connectivity index (χ0v) is 19.5. The molecule has 5 rings (SSSR count). The van der Waals surface area contributed by atoms with Crippen molar-refractivity contribution in [2.45, 2.75) is 13.0 Å². The first-order valence-electron chi connectivity index (χ1n) is 11.6. The Morgan fingerprint density at radius 3 is 2.49 bits per heavy atom. The number of ketones is 1. The smallest absolute Gasteiger partial charge is 0.295 e. The summed E-state index contributed by atoms with van der Waals surface area (Å²) in [6.07, 6.45) is 4.77. The minimum absolute atomic E-state index is 0.0684. The molecule has 2 aliphatic heterocycles. The molecule has 9 heteroatoms. The van der Waals surface area contributed by atoms with Gasteiger partial charge in [0.05, 0.1) is 48.0 Å². The lowest BCUT2D eigenvalue weighted by Crippen LogP contribution is -2.42. The second kappa shape index (κ2) is 9.81. The Bertz CT molecular complexity index is 1250. The van der Waals surface area contributed by atoms with Gasteiger partial charge < -0.3 is 14.7 Å². The van der Waals surface area contributed by atoms with Crippen LogP contribution in [0.4, 0.5) is 0 Å². The van der Waals surface area contributed by atoms with Gasteiger partial charge in [0.25, 0.3) is 11.7 Å². The van der Waals surface area contributed by atoms with E-state index in [1.807, 2.05) is 37.3 Å². The van der Waals surface area contributed by atoms with Crippen molar-refractivity contribution in [2.24, 2.45) is 0 Å². The molecule has 1 unspecified atom stereocenters. The molecule has 0 aliphatic carbocycles. The van der Waals surface area contributed by atoms with Crippen molar-refractivity contribution >= 4 is 17.4 Å². The van der Waals surface area contributed by atoms with Gasteiger partial charge in [-0.15, -0.1) is 0 Å². The summed E-state index contributed by atoms with van der Waals surface area (Å²) < 4.78 is 7.11. The van der Waals surface area contributed by atoms with Crippen LogP contribution in [-0.2, 0) is 14.3 Å². The molecule has 2 aliphatic rings. The number of rotatable bonds is 6. The third-order valence-corrected chi connectivity index (χ3v) is 6.59. The summed E-state index contributed by atoms with van der Waals surface area (Å²) in [6.45, 7) is 5.66. The highest BCUT2D eigenvalue weighted by atomic mass is 16.5. The number of aromatic nitrogens is 3. The number of likely N-dealkylation sites (tertiary alicyclic amines) is 1. The minimum Gasteiger partial charge on any atom is -0.507 e. The van der Waals surface area contributed by atoms with E-state index in [1.54, 1.807) is 34.1 Å². The lowest BCUT2D eigenvalue weighted by molar-refractivity contribution is -0.140. The summed E-state index contributed by atoms with van der Waals surface area (Å²) in [5.41, 5.74) is 2.70. The Balaban J connectivity index is 1.54. The first-order chi connectivity index (χ1) is 17.1. The van der Waals surface area contributed by atoms with E-state index in [2.05, 4.69) is 15.0 Å². The van der Waals surface area contributed by atoms with Crippen LogP contribution < -0.4 is 0 Å². The number of ether oxygens (including phenoxy) is 1. The molecule has 1 amide bonds. The molecule has 180 valence electrons. The molecule has 3 aromatic rings. The predicted molar refractivity (Wildman–Crippen MR) is 129 cm³/mol. The second-order valence-electron chi connectivity index (χ2n) is 8.62. The molecule has 2 saturated heterocycles. The normalized spacial score (nSPS) is 20.5. The van der Waals surface area contributed by atoms with Gasteiger partial charge in [-0.05, 0) is 36.8 Å². The van der Waals surface area contributed by atoms with Crippen molar-refractivity contribution in [3.05, 3.63) is 83.4 Å². The largest absolute Gasteiger partial charge is 0.507 e. The minimum atomic E-state index is -0.710. The van der Waals surface area contributed by atoms with Crippen LogP contribution in [0.3, 0.4) is 0 Å². The van der Waals surface area contributed by atoms with Gasteiger partial charge in [-0.3, -0.25) is 19.5 Å². The maximum Gasteiger partial charge on any atom is 0.295 e. The van der Waals surface area contributed by atoms with Crippen LogP contribution >= 0.6 is 0 Å². The van der Waals surface area contributed by atoms with E-state index in [1.165, 1.54) is 6.20 Å². The molecule has 0 bridgehead atoms. The molecule has 2 fully saturated rings. The fourth-order valence-corrected chi connectivity index (χ4v) is 4.69. The number of hydrogen-bond donors (Lipinski definition) is 1. The van der Waals surface area contributed by atoms with Crippen LogP contribution in [0.2, 0.25) is 0 Å². The van der Waals surface area contributed by atoms with E-state index < -0.39 is 17.7 Å². The molecule has 1 atom stereocenters. The molecule has 0 saturated carbocycles. The lowest BCUT2D eigenvalue weighted by atomic mass is 9.96. The van der Waals surface area contributed by atoms with Crippen LogP contribution in [0, 0.1) is 6.92 Å². The van der Waals surface area contributed by atoms with Gasteiger partial charge in [0, 0.05) is 38.6 Å². The Morgan fingerprint density at radius 1 is 1.06 bits per heavy atom. The number of carbonyl (C=O) groups is 2. The number of morpholine rings is 1. The van der Waals surface area contributed by atoms with E-state index in [9.17, 15) is 14.7 Å². The Kier molecular flexibility index (Phi) is 6.43. The number of nitrogens with zero attached hydrogens (tertiary/aromatic N) is 5. The van der Waals surface area contributed by atoms with Crippen molar-refractivity contribution in [2.75, 3.05) is 39.4 Å². The highest BCUT2D eigenvalue weighted by Gasteiger charge is 2.46. The number of carbonyl (C=O) groups excluding carboxylic acids is 2. The number of pyridine rings is 1. The monoisotopic (exact) mass is 473 g/mol. The average molecular weight is 474 g/mol. The topological polar surface area (TPSA) is 101 Å². The number of Topliss-reactive ketones (excluding diaryl/α,β-unsaturated/α-hetero) is 1. The number of benzene rings is 1. The highest BCUT2D eigenvalue weighted by Crippen LogP contribution is 2.39. The van der Waals surface area contributed by atoms with E-state index in [0.717, 1.165) is 24.3 Å². The lowest BCUT2D eigenvalue weighted by Gasteiger charge is -2.30. The average Bonchev–Trinajstić information content (AvgIpc) is 3.41. The van der Waals surface area contributed by atoms with E-state index in [0.29, 0.717) is 37.6 Å². The van der Waals surface area contributed by atoms with Gasteiger partial charge >= 0.3 is 0 Å². The van der Waals surface area contributed by atoms with Gasteiger partial charge in [-0.2, -0.15) is 5.10 Å². The summed E-state index contributed by atoms with van der Waals surface area (Å²) in [4.78, 5) is 34.3. The number of para-hydroxylation sites is 1. The zero-order chi connectivity index (χ0) is 24.4. The SMILES string of the molecule is Cc1c(/C(O)=C2/C(=O)C(=O)N(CCN3CCOCC3)C2c2ccncc2)cnn1-c1ccccc1. The zero-order valence-electron chi connectivity index (χ0n) is 19.5. The molecule has 4 heterocycles. The van der Waals surface area contributed by atoms with Crippen LogP contribution in [0.25, 0.3) is 11.4 Å². The molecule has 0 radical (unpaired) electrons. The molecule has 35 heavy (non-hydrogen) atoms. The fraction of sp³-hybridized carbons (Fsp3) is 0.308. The molecule has 0 spiro atoms. The van der Waals surface area contributed by atoms with Crippen molar-refractivity contribution in [1.82, 2.24) is 24.6 Å². The number of hydrogen-bond acceptors (Lipinski definition) is 7. The maximum absolute atomic E-state index is 13.3. The Labute approximate surface area is 203 Å². The molecular weight excluding hydrogens is 446 g/mol. The second-order valence-corrected chi connectivity index (χ2v) is 8.62. The van der Waals surface area contributed by atoms with Crippen LogP contribution in [0.15, 0.2) is 66.6 Å². The molecule has 9 nitrogen and oxygen atoms in total. The molecule has 2 aromatic heterocycles. The van der Waals surface area contributed by atoms with Gasteiger partial charge in [-0.25, -0.2) is 4.68 Å². The standard InChI is InChI=1S/C26H27N5O4/c1-18-21(17-28-31(18)20-5-3-2-4-6-20)24(32)22-23(19-7-9-27-10-8-19)30(26(34)25(22)33)12-11-29-13-15-35-16-14-29/h2-10,17,23,32H,11-16H2,1H3/b24-22-. The van der Waals surface area contributed by atoms with Gasteiger partial charge in [0.1, 0.15) is 5.76 Å². The van der Waals surface area contributed by atoms with Gasteiger partial charge in [-0.1, -0.05) is 18.2 Å². The molecule has 1 aromatic carbocycles. The third kappa shape index (κ3) is 4.36. The van der Waals surface area contributed by atoms with Crippen molar-refractivity contribution < 1.29 is 19.4 Å². The number of aliphatic hydroxyl groups excluding tert-OH is 1. The molecular formula is C26H27N5O4. The van der Waals surface area contributed by atoms with E-state index in [4.69, 9.17) is 4.74 Å². The predicted octanol–water partition coefficient (Wildman–Crippen LogP) is 2.33. The highest BCUT2D eigenvalue weighted by molar-refractivity contribution is 6.46. The van der Waals surface area contributed by atoms with Gasteiger partial charge in [0.2, 0.25) is 0 Å². The summed E-state index contributed by atoms with van der Waals surface area (Å²) in [6, 6.07) is 12.4. The summed E-state index contributed by atoms with van der Waals surface area (Å²) in [5.74, 6) is -1.54. The summed E-state index contributed by atoms with van der Waals surface area (Å²) in [5, 5.41) is 15.8. The first kappa shape index (κ1) is 22.9.